The highest BCUT2D eigenvalue weighted by Gasteiger charge is 1.94. The molecule has 0 rings (SSSR count). The quantitative estimate of drug-likeness (QED) is 0.134. The van der Waals surface area contributed by atoms with E-state index in [1.165, 1.54) is 125 Å². The number of rotatable bonds is 20. The van der Waals surface area contributed by atoms with Crippen molar-refractivity contribution in [3.8, 4) is 0 Å². The van der Waals surface area contributed by atoms with Crippen molar-refractivity contribution in [1.29, 1.82) is 0 Å². The summed E-state index contributed by atoms with van der Waals surface area (Å²) in [6.07, 6.45) is 29.5. The predicted molar refractivity (Wildman–Crippen MR) is 121 cm³/mol. The molecule has 0 fully saturated rings. The van der Waals surface area contributed by atoms with Gasteiger partial charge in [0.15, 0.2) is 0 Å². The van der Waals surface area contributed by atoms with E-state index in [4.69, 9.17) is 0 Å². The number of nitrogens with zero attached hydrogens (tertiary/aromatic N) is 1. The predicted octanol–water partition coefficient (Wildman–Crippen LogP) is 6.52. The van der Waals surface area contributed by atoms with Gasteiger partial charge in [0.05, 0.1) is 0 Å². The van der Waals surface area contributed by atoms with Crippen molar-refractivity contribution in [3.05, 3.63) is 12.2 Å². The zero-order valence-corrected chi connectivity index (χ0v) is 20.0. The van der Waals surface area contributed by atoms with Crippen LogP contribution in [-0.2, 0) is 0 Å². The molecular weight excluding hydrogens is 318 g/mol. The summed E-state index contributed by atoms with van der Waals surface area (Å²) in [5, 5.41) is 0. The van der Waals surface area contributed by atoms with E-state index in [9.17, 15) is 0 Å². The highest BCUT2D eigenvalue weighted by molar-refractivity contribution is 6.08. The van der Waals surface area contributed by atoms with Gasteiger partial charge >= 0.3 is 0 Å². The van der Waals surface area contributed by atoms with Gasteiger partial charge < -0.3 is 4.90 Å². The summed E-state index contributed by atoms with van der Waals surface area (Å²) in [6, 6.07) is 1.51. The summed E-state index contributed by atoms with van der Waals surface area (Å²) < 4.78 is 0. The minimum absolute atomic E-state index is 1.08. The third kappa shape index (κ3) is 23.9. The molecule has 0 aromatic carbocycles. The molecule has 2 heteroatoms. The van der Waals surface area contributed by atoms with Gasteiger partial charge in [-0.05, 0) is 26.9 Å². The lowest BCUT2D eigenvalue weighted by atomic mass is 10.0. The molecule has 0 amide bonds. The first-order valence-corrected chi connectivity index (χ1v) is 13.0. The molecule has 150 valence electrons. The Bertz CT molecular complexity index is 263. The SMILES string of the molecule is CN(C)CC=CCCCCCCCCCCCCCCCCCC[SiH3]. The molecule has 0 radical (unpaired) electrons. The number of hydrogen-bond donors (Lipinski definition) is 0. The minimum Gasteiger partial charge on any atom is -0.306 e. The Kier molecular flexibility index (Phi) is 21.9. The van der Waals surface area contributed by atoms with Crippen LogP contribution in [0.1, 0.15) is 109 Å². The van der Waals surface area contributed by atoms with Gasteiger partial charge in [-0.3, -0.25) is 0 Å². The van der Waals surface area contributed by atoms with Crippen molar-refractivity contribution in [2.24, 2.45) is 0 Å². The molecule has 25 heavy (non-hydrogen) atoms. The van der Waals surface area contributed by atoms with Crippen molar-refractivity contribution >= 4 is 10.2 Å². The lowest BCUT2D eigenvalue weighted by Crippen LogP contribution is -2.10. The first-order chi connectivity index (χ1) is 12.3. The molecule has 0 saturated heterocycles. The molecule has 1 nitrogen and oxygen atoms in total. The number of likely N-dealkylation sites (N-methyl/N-ethyl adjacent to an activating group) is 1. The number of unbranched alkanes of at least 4 members (excludes halogenated alkanes) is 16. The molecule has 0 spiro atoms. The third-order valence-electron chi connectivity index (χ3n) is 5.11. The molecule has 0 aliphatic heterocycles. The lowest BCUT2D eigenvalue weighted by molar-refractivity contribution is 0.456. The highest BCUT2D eigenvalue weighted by atomic mass is 28.1. The Morgan fingerprint density at radius 2 is 0.880 bits per heavy atom. The molecule has 0 aliphatic carbocycles. The average molecular weight is 368 g/mol. The van der Waals surface area contributed by atoms with Crippen LogP contribution in [0.3, 0.4) is 0 Å². The molecule has 0 heterocycles. The number of allylic oxidation sites excluding steroid dienone is 1. The van der Waals surface area contributed by atoms with E-state index in [2.05, 4.69) is 31.1 Å². The minimum atomic E-state index is 1.08. The third-order valence-corrected chi connectivity index (χ3v) is 5.82. The Morgan fingerprint density at radius 3 is 1.24 bits per heavy atom. The fraction of sp³-hybridized carbons (Fsp3) is 0.913. The van der Waals surface area contributed by atoms with Crippen LogP contribution in [0, 0.1) is 0 Å². The Morgan fingerprint density at radius 1 is 0.520 bits per heavy atom. The van der Waals surface area contributed by atoms with Crippen LogP contribution >= 0.6 is 0 Å². The Balaban J connectivity index is 3.02. The van der Waals surface area contributed by atoms with Gasteiger partial charge in [0.25, 0.3) is 0 Å². The molecule has 0 saturated carbocycles. The molecule has 0 N–H and O–H groups in total. The number of hydrogen-bond acceptors (Lipinski definition) is 1. The van der Waals surface area contributed by atoms with Crippen LogP contribution in [0.2, 0.25) is 6.04 Å². The smallest absolute Gasteiger partial charge is 0.0157 e. The summed E-state index contributed by atoms with van der Waals surface area (Å²) >= 11 is 0. The normalized spacial score (nSPS) is 12.0. The fourth-order valence-electron chi connectivity index (χ4n) is 3.39. The first-order valence-electron chi connectivity index (χ1n) is 11.6. The summed E-state index contributed by atoms with van der Waals surface area (Å²) in [5.74, 6) is 0. The maximum atomic E-state index is 2.35. The summed E-state index contributed by atoms with van der Waals surface area (Å²) in [6.45, 7) is 1.08. The lowest BCUT2D eigenvalue weighted by Gasteiger charge is -2.04. The standard InChI is InChI=1S/C23H49NSi/c1-24(2)22-20-18-16-14-12-10-8-6-4-3-5-7-9-11-13-15-17-19-21-23-25/h18,20H,3-17,19,21-23H2,1-2,25H3. The fourth-order valence-corrected chi connectivity index (χ4v) is 3.89. The van der Waals surface area contributed by atoms with Crippen molar-refractivity contribution in [2.75, 3.05) is 20.6 Å². The van der Waals surface area contributed by atoms with E-state index in [1.807, 2.05) is 0 Å². The second-order valence-corrected chi connectivity index (χ2v) is 9.18. The average Bonchev–Trinajstić information content (AvgIpc) is 2.60. The summed E-state index contributed by atoms with van der Waals surface area (Å²) in [5.41, 5.74) is 0. The highest BCUT2D eigenvalue weighted by Crippen LogP contribution is 2.14. The van der Waals surface area contributed by atoms with E-state index in [0.29, 0.717) is 0 Å². The zero-order chi connectivity index (χ0) is 18.4. The van der Waals surface area contributed by atoms with Crippen molar-refractivity contribution in [1.82, 2.24) is 4.90 Å². The monoisotopic (exact) mass is 367 g/mol. The molecule has 0 atom stereocenters. The zero-order valence-electron chi connectivity index (χ0n) is 18.0. The topological polar surface area (TPSA) is 3.24 Å². The molecular formula is C23H49NSi. The van der Waals surface area contributed by atoms with E-state index in [0.717, 1.165) is 6.54 Å². The Hall–Kier alpha value is -0.0831. The van der Waals surface area contributed by atoms with Crippen LogP contribution in [0.25, 0.3) is 0 Å². The van der Waals surface area contributed by atoms with E-state index in [1.54, 1.807) is 0 Å². The van der Waals surface area contributed by atoms with Crippen LogP contribution in [0.15, 0.2) is 12.2 Å². The molecule has 0 aromatic rings. The van der Waals surface area contributed by atoms with Crippen LogP contribution in [0.4, 0.5) is 0 Å². The van der Waals surface area contributed by atoms with Crippen LogP contribution in [-0.4, -0.2) is 35.8 Å². The van der Waals surface area contributed by atoms with Gasteiger partial charge in [-0.25, -0.2) is 0 Å². The van der Waals surface area contributed by atoms with Gasteiger partial charge in [0, 0.05) is 16.8 Å². The Labute approximate surface area is 163 Å². The van der Waals surface area contributed by atoms with Crippen LogP contribution in [0.5, 0.6) is 0 Å². The maximum Gasteiger partial charge on any atom is 0.0157 e. The van der Waals surface area contributed by atoms with Gasteiger partial charge in [-0.1, -0.05) is 115 Å². The van der Waals surface area contributed by atoms with E-state index < -0.39 is 0 Å². The van der Waals surface area contributed by atoms with Gasteiger partial charge in [-0.15, -0.1) is 0 Å². The van der Waals surface area contributed by atoms with Gasteiger partial charge in [0.1, 0.15) is 0 Å². The van der Waals surface area contributed by atoms with Gasteiger partial charge in [-0.2, -0.15) is 0 Å². The molecule has 0 unspecified atom stereocenters. The summed E-state index contributed by atoms with van der Waals surface area (Å²) in [4.78, 5) is 2.21. The largest absolute Gasteiger partial charge is 0.306 e. The van der Waals surface area contributed by atoms with E-state index in [-0.39, 0.29) is 0 Å². The first kappa shape index (κ1) is 24.9. The second-order valence-electron chi connectivity index (χ2n) is 8.18. The van der Waals surface area contributed by atoms with Crippen LogP contribution < -0.4 is 0 Å². The maximum absolute atomic E-state index is 2.35. The van der Waals surface area contributed by atoms with Gasteiger partial charge in [0.2, 0.25) is 0 Å². The second kappa shape index (κ2) is 22.0. The molecule has 0 aliphatic rings. The van der Waals surface area contributed by atoms with Crippen molar-refractivity contribution in [3.63, 3.8) is 0 Å². The van der Waals surface area contributed by atoms with Crippen molar-refractivity contribution in [2.45, 2.75) is 115 Å². The summed E-state index contributed by atoms with van der Waals surface area (Å²) in [7, 11) is 5.66. The molecule has 0 aromatic heterocycles. The van der Waals surface area contributed by atoms with Crippen molar-refractivity contribution < 1.29 is 0 Å². The van der Waals surface area contributed by atoms with E-state index >= 15 is 0 Å². The molecule has 0 bridgehead atoms.